The van der Waals surface area contributed by atoms with Crippen LogP contribution in [0.4, 0.5) is 0 Å². The van der Waals surface area contributed by atoms with E-state index in [9.17, 15) is 0 Å². The van der Waals surface area contributed by atoms with Crippen LogP contribution < -0.4 is 4.74 Å². The minimum absolute atomic E-state index is 0.759. The topological polar surface area (TPSA) is 30.8 Å². The van der Waals surface area contributed by atoms with Gasteiger partial charge in [-0.3, -0.25) is 0 Å². The summed E-state index contributed by atoms with van der Waals surface area (Å²) >= 11 is 3.35. The molecule has 0 aliphatic carbocycles. The van der Waals surface area contributed by atoms with Gasteiger partial charge in [-0.2, -0.15) is 0 Å². The number of oxime groups is 1. The molecule has 0 atom stereocenters. The average molecular weight is 244 g/mol. The van der Waals surface area contributed by atoms with E-state index in [0.717, 1.165) is 15.8 Å². The Morgan fingerprint density at radius 3 is 2.77 bits per heavy atom. The first-order valence-corrected chi connectivity index (χ1v) is 4.47. The standard InChI is InChI=1S/C9H10BrNO2/c1-12-9-5-8(10)4-3-7(9)6-11-13-2/h3-6H,1-2H3/b11-6+. The quantitative estimate of drug-likeness (QED) is 0.604. The van der Waals surface area contributed by atoms with Gasteiger partial charge in [0, 0.05) is 10.0 Å². The highest BCUT2D eigenvalue weighted by molar-refractivity contribution is 9.10. The first kappa shape index (κ1) is 10.1. The van der Waals surface area contributed by atoms with Gasteiger partial charge in [0.05, 0.1) is 13.3 Å². The Hall–Kier alpha value is -1.03. The normalized spacial score (nSPS) is 10.4. The van der Waals surface area contributed by atoms with Crippen LogP contribution in [0.25, 0.3) is 0 Å². The van der Waals surface area contributed by atoms with E-state index < -0.39 is 0 Å². The number of ether oxygens (including phenoxy) is 1. The number of methoxy groups -OCH3 is 1. The monoisotopic (exact) mass is 243 g/mol. The van der Waals surface area contributed by atoms with Gasteiger partial charge in [0.1, 0.15) is 12.9 Å². The summed E-state index contributed by atoms with van der Waals surface area (Å²) in [4.78, 5) is 4.58. The lowest BCUT2D eigenvalue weighted by molar-refractivity contribution is 0.215. The Labute approximate surface area is 85.5 Å². The zero-order chi connectivity index (χ0) is 9.68. The van der Waals surface area contributed by atoms with Gasteiger partial charge in [-0.25, -0.2) is 0 Å². The molecule has 0 aliphatic heterocycles. The lowest BCUT2D eigenvalue weighted by Gasteiger charge is -2.03. The summed E-state index contributed by atoms with van der Waals surface area (Å²) < 4.78 is 6.12. The molecule has 0 amide bonds. The average Bonchev–Trinajstić information content (AvgIpc) is 2.16. The molecule has 4 heteroatoms. The molecule has 0 heterocycles. The molecule has 0 unspecified atom stereocenters. The van der Waals surface area contributed by atoms with Crippen molar-refractivity contribution in [1.82, 2.24) is 0 Å². The fraction of sp³-hybridized carbons (Fsp3) is 0.222. The Bertz CT molecular complexity index is 312. The van der Waals surface area contributed by atoms with Crippen molar-refractivity contribution in [2.24, 2.45) is 5.16 Å². The van der Waals surface area contributed by atoms with Crippen molar-refractivity contribution in [3.63, 3.8) is 0 Å². The van der Waals surface area contributed by atoms with Gasteiger partial charge in [0.25, 0.3) is 0 Å². The highest BCUT2D eigenvalue weighted by Crippen LogP contribution is 2.21. The first-order chi connectivity index (χ1) is 6.27. The minimum Gasteiger partial charge on any atom is -0.496 e. The predicted molar refractivity (Wildman–Crippen MR) is 55.3 cm³/mol. The van der Waals surface area contributed by atoms with Crippen molar-refractivity contribution in [1.29, 1.82) is 0 Å². The molecule has 0 spiro atoms. The van der Waals surface area contributed by atoms with Crippen LogP contribution in [-0.2, 0) is 4.84 Å². The van der Waals surface area contributed by atoms with Gasteiger partial charge < -0.3 is 9.57 Å². The second-order valence-corrected chi connectivity index (χ2v) is 3.22. The fourth-order valence-corrected chi connectivity index (χ4v) is 1.24. The molecule has 0 N–H and O–H groups in total. The molecule has 1 aromatic carbocycles. The Kier molecular flexibility index (Phi) is 3.76. The van der Waals surface area contributed by atoms with E-state index in [4.69, 9.17) is 4.74 Å². The summed E-state index contributed by atoms with van der Waals surface area (Å²) in [6.07, 6.45) is 1.60. The maximum Gasteiger partial charge on any atom is 0.128 e. The van der Waals surface area contributed by atoms with Crippen LogP contribution in [0.3, 0.4) is 0 Å². The number of nitrogens with zero attached hydrogens (tertiary/aromatic N) is 1. The van der Waals surface area contributed by atoms with E-state index in [1.54, 1.807) is 13.3 Å². The third-order valence-electron chi connectivity index (χ3n) is 1.49. The third-order valence-corrected chi connectivity index (χ3v) is 1.99. The maximum atomic E-state index is 5.15. The third kappa shape index (κ3) is 2.73. The molecule has 1 aromatic rings. The largest absolute Gasteiger partial charge is 0.496 e. The van der Waals surface area contributed by atoms with Gasteiger partial charge in [-0.15, -0.1) is 0 Å². The van der Waals surface area contributed by atoms with E-state index in [1.807, 2.05) is 18.2 Å². The molecule has 13 heavy (non-hydrogen) atoms. The van der Waals surface area contributed by atoms with Crippen LogP contribution >= 0.6 is 15.9 Å². The van der Waals surface area contributed by atoms with Crippen LogP contribution in [0.15, 0.2) is 27.8 Å². The zero-order valence-corrected chi connectivity index (χ0v) is 9.04. The molecular formula is C9H10BrNO2. The number of rotatable bonds is 3. The summed E-state index contributed by atoms with van der Waals surface area (Å²) in [7, 11) is 3.12. The van der Waals surface area contributed by atoms with Crippen LogP contribution in [0.5, 0.6) is 5.75 Å². The van der Waals surface area contributed by atoms with Crippen molar-refractivity contribution in [2.75, 3.05) is 14.2 Å². The van der Waals surface area contributed by atoms with Crippen LogP contribution in [-0.4, -0.2) is 20.4 Å². The lowest BCUT2D eigenvalue weighted by atomic mass is 10.2. The number of halogens is 1. The Morgan fingerprint density at radius 2 is 2.15 bits per heavy atom. The van der Waals surface area contributed by atoms with Crippen LogP contribution in [0, 0.1) is 0 Å². The highest BCUT2D eigenvalue weighted by Gasteiger charge is 2.00. The fourth-order valence-electron chi connectivity index (χ4n) is 0.901. The molecule has 3 nitrogen and oxygen atoms in total. The molecule has 0 fully saturated rings. The van der Waals surface area contributed by atoms with Gasteiger partial charge >= 0.3 is 0 Å². The second-order valence-electron chi connectivity index (χ2n) is 2.30. The van der Waals surface area contributed by atoms with E-state index in [1.165, 1.54) is 7.11 Å². The molecule has 0 bridgehead atoms. The molecule has 70 valence electrons. The van der Waals surface area contributed by atoms with E-state index in [-0.39, 0.29) is 0 Å². The van der Waals surface area contributed by atoms with Gasteiger partial charge in [0.15, 0.2) is 0 Å². The minimum atomic E-state index is 0.759. The Morgan fingerprint density at radius 1 is 1.38 bits per heavy atom. The number of hydrogen-bond acceptors (Lipinski definition) is 3. The first-order valence-electron chi connectivity index (χ1n) is 3.68. The van der Waals surface area contributed by atoms with Crippen molar-refractivity contribution in [3.05, 3.63) is 28.2 Å². The van der Waals surface area contributed by atoms with Crippen molar-refractivity contribution < 1.29 is 9.57 Å². The van der Waals surface area contributed by atoms with E-state index in [2.05, 4.69) is 25.9 Å². The van der Waals surface area contributed by atoms with E-state index in [0.29, 0.717) is 0 Å². The molecular weight excluding hydrogens is 234 g/mol. The zero-order valence-electron chi connectivity index (χ0n) is 7.45. The molecule has 0 saturated carbocycles. The molecule has 0 aliphatic rings. The number of benzene rings is 1. The molecule has 0 saturated heterocycles. The molecule has 0 radical (unpaired) electrons. The smallest absolute Gasteiger partial charge is 0.128 e. The van der Waals surface area contributed by atoms with Crippen LogP contribution in [0.1, 0.15) is 5.56 Å². The number of hydrogen-bond donors (Lipinski definition) is 0. The van der Waals surface area contributed by atoms with Gasteiger partial charge in [-0.05, 0) is 18.2 Å². The van der Waals surface area contributed by atoms with Crippen molar-refractivity contribution in [2.45, 2.75) is 0 Å². The predicted octanol–water partition coefficient (Wildman–Crippen LogP) is 2.44. The van der Waals surface area contributed by atoms with Crippen molar-refractivity contribution in [3.8, 4) is 5.75 Å². The van der Waals surface area contributed by atoms with Crippen molar-refractivity contribution >= 4 is 22.1 Å². The summed E-state index contributed by atoms with van der Waals surface area (Å²) in [5, 5.41) is 3.66. The second kappa shape index (κ2) is 4.87. The lowest BCUT2D eigenvalue weighted by Crippen LogP contribution is -1.90. The van der Waals surface area contributed by atoms with Gasteiger partial charge in [0.2, 0.25) is 0 Å². The van der Waals surface area contributed by atoms with Crippen LogP contribution in [0.2, 0.25) is 0 Å². The van der Waals surface area contributed by atoms with E-state index >= 15 is 0 Å². The maximum absolute atomic E-state index is 5.15. The summed E-state index contributed by atoms with van der Waals surface area (Å²) in [5.41, 5.74) is 0.882. The summed E-state index contributed by atoms with van der Waals surface area (Å²) in [6.45, 7) is 0. The summed E-state index contributed by atoms with van der Waals surface area (Å²) in [5.74, 6) is 0.759. The highest BCUT2D eigenvalue weighted by atomic mass is 79.9. The SMILES string of the molecule is CO/N=C/c1ccc(Br)cc1OC. The Balaban J connectivity index is 2.99. The summed E-state index contributed by atoms with van der Waals surface area (Å²) in [6, 6.07) is 5.68. The molecule has 0 aromatic heterocycles. The van der Waals surface area contributed by atoms with Gasteiger partial charge in [-0.1, -0.05) is 21.1 Å². The molecule has 1 rings (SSSR count).